The molecule has 1 atom stereocenters. The predicted molar refractivity (Wildman–Crippen MR) is 118 cm³/mol. The van der Waals surface area contributed by atoms with Crippen molar-refractivity contribution in [2.75, 3.05) is 6.61 Å². The Morgan fingerprint density at radius 1 is 0.941 bits per heavy atom. The molecule has 9 nitrogen and oxygen atoms in total. The second-order valence-corrected chi connectivity index (χ2v) is 7.45. The van der Waals surface area contributed by atoms with Gasteiger partial charge < -0.3 is 22.7 Å². The molecule has 1 unspecified atom stereocenters. The zero-order valence-electron chi connectivity index (χ0n) is 18.0. The van der Waals surface area contributed by atoms with Gasteiger partial charge in [-0.05, 0) is 42.5 Å². The minimum absolute atomic E-state index is 0.0208. The number of nitrogens with zero attached hydrogens (tertiary/aromatic N) is 2. The van der Waals surface area contributed by atoms with E-state index in [9.17, 15) is 9.59 Å². The van der Waals surface area contributed by atoms with Gasteiger partial charge in [-0.15, -0.1) is 0 Å². The number of furan rings is 3. The van der Waals surface area contributed by atoms with Crippen molar-refractivity contribution in [3.8, 4) is 5.75 Å². The highest BCUT2D eigenvalue weighted by Crippen LogP contribution is 2.33. The number of hydrogen-bond acceptors (Lipinski definition) is 8. The third kappa shape index (κ3) is 4.49. The number of carbonyl (C=O) groups is 2. The van der Waals surface area contributed by atoms with Crippen LogP contribution >= 0.6 is 0 Å². The summed E-state index contributed by atoms with van der Waals surface area (Å²) < 4.78 is 27.1. The summed E-state index contributed by atoms with van der Waals surface area (Å²) in [5.41, 5.74) is 1.10. The standard InChI is InChI=1S/C25H20N2O7/c28-23(27-20(22-9-5-12-31-22)14-19(26-27)21-8-4-11-30-21)16-34-25(29)24-17(10-13-32-24)15-33-18-6-2-1-3-7-18/h1-13,20H,14-16H2. The molecule has 1 aliphatic heterocycles. The van der Waals surface area contributed by atoms with Gasteiger partial charge in [0.05, 0.1) is 18.8 Å². The van der Waals surface area contributed by atoms with Crippen LogP contribution in [-0.2, 0) is 16.1 Å². The molecule has 0 spiro atoms. The van der Waals surface area contributed by atoms with Crippen LogP contribution in [-0.4, -0.2) is 29.2 Å². The van der Waals surface area contributed by atoms with Crippen LogP contribution < -0.4 is 4.74 Å². The predicted octanol–water partition coefficient (Wildman–Crippen LogP) is 4.58. The normalized spacial score (nSPS) is 15.2. The molecule has 5 rings (SSSR count). The number of para-hydroxylation sites is 1. The fourth-order valence-electron chi connectivity index (χ4n) is 3.60. The number of rotatable bonds is 8. The highest BCUT2D eigenvalue weighted by molar-refractivity contribution is 6.01. The maximum atomic E-state index is 12.9. The van der Waals surface area contributed by atoms with Gasteiger partial charge in [0.2, 0.25) is 5.76 Å². The molecule has 1 aliphatic rings. The van der Waals surface area contributed by atoms with Gasteiger partial charge in [0.1, 0.15) is 35.6 Å². The molecule has 0 saturated heterocycles. The molecule has 1 aromatic carbocycles. The fraction of sp³-hybridized carbons (Fsp3) is 0.160. The Bertz CT molecular complexity index is 1270. The Hall–Kier alpha value is -4.53. The molecule has 0 N–H and O–H groups in total. The van der Waals surface area contributed by atoms with Crippen LogP contribution in [0.5, 0.6) is 5.75 Å². The Morgan fingerprint density at radius 2 is 1.76 bits per heavy atom. The number of ether oxygens (including phenoxy) is 2. The molecule has 3 aromatic heterocycles. The molecular formula is C25H20N2O7. The first-order chi connectivity index (χ1) is 16.7. The van der Waals surface area contributed by atoms with E-state index >= 15 is 0 Å². The quantitative estimate of drug-likeness (QED) is 0.354. The Labute approximate surface area is 194 Å². The molecule has 4 heterocycles. The number of hydrogen-bond donors (Lipinski definition) is 0. The summed E-state index contributed by atoms with van der Waals surface area (Å²) in [6.07, 6.45) is 4.84. The first-order valence-electron chi connectivity index (χ1n) is 10.6. The van der Waals surface area contributed by atoms with E-state index in [-0.39, 0.29) is 12.4 Å². The molecule has 0 radical (unpaired) electrons. The lowest BCUT2D eigenvalue weighted by Crippen LogP contribution is -2.31. The van der Waals surface area contributed by atoms with Gasteiger partial charge in [0, 0.05) is 12.0 Å². The van der Waals surface area contributed by atoms with Gasteiger partial charge >= 0.3 is 5.97 Å². The minimum Gasteiger partial charge on any atom is -0.489 e. The van der Waals surface area contributed by atoms with Crippen LogP contribution in [0.25, 0.3) is 0 Å². The van der Waals surface area contributed by atoms with Crippen molar-refractivity contribution in [1.29, 1.82) is 0 Å². The lowest BCUT2D eigenvalue weighted by atomic mass is 10.1. The summed E-state index contributed by atoms with van der Waals surface area (Å²) >= 11 is 0. The molecule has 9 heteroatoms. The van der Waals surface area contributed by atoms with E-state index in [2.05, 4.69) is 5.10 Å². The molecule has 0 fully saturated rings. The van der Waals surface area contributed by atoms with E-state index in [1.165, 1.54) is 23.8 Å². The van der Waals surface area contributed by atoms with Gasteiger partial charge in [-0.3, -0.25) is 4.79 Å². The second-order valence-electron chi connectivity index (χ2n) is 7.45. The van der Waals surface area contributed by atoms with Gasteiger partial charge in [0.15, 0.2) is 6.61 Å². The van der Waals surface area contributed by atoms with Crippen LogP contribution in [0, 0.1) is 0 Å². The number of hydrazone groups is 1. The van der Waals surface area contributed by atoms with Crippen molar-refractivity contribution in [2.45, 2.75) is 19.1 Å². The second kappa shape index (κ2) is 9.53. The summed E-state index contributed by atoms with van der Waals surface area (Å²) in [5.74, 6) is 0.478. The molecule has 4 aromatic rings. The van der Waals surface area contributed by atoms with Crippen molar-refractivity contribution in [3.05, 3.63) is 102 Å². The third-order valence-electron chi connectivity index (χ3n) is 5.24. The highest BCUT2D eigenvalue weighted by Gasteiger charge is 2.36. The van der Waals surface area contributed by atoms with Gasteiger partial charge in [0.25, 0.3) is 5.91 Å². The first kappa shape index (κ1) is 21.3. The molecule has 34 heavy (non-hydrogen) atoms. The highest BCUT2D eigenvalue weighted by atomic mass is 16.5. The zero-order chi connectivity index (χ0) is 23.3. The monoisotopic (exact) mass is 460 g/mol. The maximum Gasteiger partial charge on any atom is 0.375 e. The maximum absolute atomic E-state index is 12.9. The topological polar surface area (TPSA) is 108 Å². The van der Waals surface area contributed by atoms with Crippen LogP contribution in [0.15, 0.2) is 97.8 Å². The van der Waals surface area contributed by atoms with E-state index in [1.807, 2.05) is 18.2 Å². The molecule has 0 saturated carbocycles. The molecule has 172 valence electrons. The Kier molecular flexibility index (Phi) is 5.98. The largest absolute Gasteiger partial charge is 0.489 e. The van der Waals surface area contributed by atoms with E-state index in [4.69, 9.17) is 22.7 Å². The molecule has 1 amide bonds. The Morgan fingerprint density at radius 3 is 2.53 bits per heavy atom. The number of carbonyl (C=O) groups excluding carboxylic acids is 2. The van der Waals surface area contributed by atoms with Crippen molar-refractivity contribution in [1.82, 2.24) is 5.01 Å². The molecule has 0 bridgehead atoms. The lowest BCUT2D eigenvalue weighted by molar-refractivity contribution is -0.136. The fourth-order valence-corrected chi connectivity index (χ4v) is 3.60. The van der Waals surface area contributed by atoms with Crippen molar-refractivity contribution in [3.63, 3.8) is 0 Å². The van der Waals surface area contributed by atoms with Crippen LogP contribution in [0.2, 0.25) is 0 Å². The van der Waals surface area contributed by atoms with Crippen molar-refractivity contribution >= 4 is 17.6 Å². The molecule has 0 aliphatic carbocycles. The van der Waals surface area contributed by atoms with Crippen LogP contribution in [0.4, 0.5) is 0 Å². The Balaban J connectivity index is 1.24. The SMILES string of the molecule is O=C(OCC(=O)N1N=C(c2ccco2)CC1c1ccco1)c1occc1COc1ccccc1. The smallest absolute Gasteiger partial charge is 0.375 e. The van der Waals surface area contributed by atoms with Crippen molar-refractivity contribution < 1.29 is 32.3 Å². The number of esters is 1. The van der Waals surface area contributed by atoms with Crippen LogP contribution in [0.1, 0.15) is 40.1 Å². The summed E-state index contributed by atoms with van der Waals surface area (Å²) in [6, 6.07) is 17.3. The first-order valence-corrected chi connectivity index (χ1v) is 10.6. The van der Waals surface area contributed by atoms with E-state index in [0.29, 0.717) is 35.0 Å². The van der Waals surface area contributed by atoms with E-state index in [1.54, 1.807) is 42.5 Å². The zero-order valence-corrected chi connectivity index (χ0v) is 18.0. The summed E-state index contributed by atoms with van der Waals surface area (Å²) in [5, 5.41) is 5.66. The van der Waals surface area contributed by atoms with Gasteiger partial charge in [-0.1, -0.05) is 18.2 Å². The average molecular weight is 460 g/mol. The molecular weight excluding hydrogens is 440 g/mol. The lowest BCUT2D eigenvalue weighted by Gasteiger charge is -2.19. The average Bonchev–Trinajstić information content (AvgIpc) is 3.67. The van der Waals surface area contributed by atoms with Gasteiger partial charge in [-0.25, -0.2) is 9.80 Å². The van der Waals surface area contributed by atoms with Gasteiger partial charge in [-0.2, -0.15) is 5.10 Å². The van der Waals surface area contributed by atoms with E-state index < -0.39 is 24.5 Å². The summed E-state index contributed by atoms with van der Waals surface area (Å²) in [6.45, 7) is -0.410. The number of benzene rings is 1. The number of amides is 1. The summed E-state index contributed by atoms with van der Waals surface area (Å²) in [7, 11) is 0. The minimum atomic E-state index is -0.769. The van der Waals surface area contributed by atoms with Crippen molar-refractivity contribution in [2.24, 2.45) is 5.10 Å². The van der Waals surface area contributed by atoms with Crippen LogP contribution in [0.3, 0.4) is 0 Å². The third-order valence-corrected chi connectivity index (χ3v) is 5.24. The van der Waals surface area contributed by atoms with E-state index in [0.717, 1.165) is 0 Å². The summed E-state index contributed by atoms with van der Waals surface area (Å²) in [4.78, 5) is 25.6.